The summed E-state index contributed by atoms with van der Waals surface area (Å²) in [5.74, 6) is -0.787. The lowest BCUT2D eigenvalue weighted by atomic mass is 10.1. The number of imide groups is 1. The lowest BCUT2D eigenvalue weighted by molar-refractivity contribution is -0.135. The van der Waals surface area contributed by atoms with Crippen LogP contribution < -0.4 is 11.0 Å². The number of carbonyl (C=O) groups excluding carboxylic acids is 2. The van der Waals surface area contributed by atoms with Gasteiger partial charge in [-0.15, -0.1) is 0 Å². The molecule has 1 atom stereocenters. The molecule has 2 amide bonds. The van der Waals surface area contributed by atoms with E-state index in [1.807, 2.05) is 0 Å². The van der Waals surface area contributed by atoms with E-state index in [1.165, 1.54) is 9.13 Å². The summed E-state index contributed by atoms with van der Waals surface area (Å²) in [6.07, 6.45) is 0.498. The minimum Gasteiger partial charge on any atom is -0.295 e. The monoisotopic (exact) mass is 314 g/mol. The summed E-state index contributed by atoms with van der Waals surface area (Å²) < 4.78 is 2.85. The highest BCUT2D eigenvalue weighted by Gasteiger charge is 2.31. The first kappa shape index (κ1) is 14.9. The Balaban J connectivity index is 2.13. The molecule has 1 fully saturated rings. The fraction of sp³-hybridized carbons (Fsp3) is 0.357. The molecule has 2 aromatic rings. The van der Waals surface area contributed by atoms with Gasteiger partial charge in [0.05, 0.1) is 17.6 Å². The van der Waals surface area contributed by atoms with Crippen molar-refractivity contribution < 1.29 is 9.59 Å². The highest BCUT2D eigenvalue weighted by molar-refractivity contribution is 6.00. The van der Waals surface area contributed by atoms with E-state index in [0.717, 1.165) is 5.56 Å². The molecule has 118 valence electrons. The zero-order chi connectivity index (χ0) is 16.6. The fourth-order valence-corrected chi connectivity index (χ4v) is 2.85. The standard InChI is InChI=1S/C14H14N6O3/c1-19-11-6-8(7-16-18-15)2-3-9(11)20(14(19)23)10-4-5-12(21)17-13(10)22/h2-3,6,10H,4-5,7H2,1H3,(H,17,21,22). The number of aryl methyl sites for hydroxylation is 1. The van der Waals surface area contributed by atoms with Crippen LogP contribution in [-0.2, 0) is 23.2 Å². The van der Waals surface area contributed by atoms with Gasteiger partial charge >= 0.3 is 5.69 Å². The van der Waals surface area contributed by atoms with Crippen molar-refractivity contribution in [1.82, 2.24) is 14.5 Å². The van der Waals surface area contributed by atoms with Gasteiger partial charge in [0.25, 0.3) is 0 Å². The molecule has 0 bridgehead atoms. The number of carbonyl (C=O) groups is 2. The summed E-state index contributed by atoms with van der Waals surface area (Å²) in [7, 11) is 1.62. The number of nitrogens with one attached hydrogen (secondary N) is 1. The Labute approximate surface area is 130 Å². The minimum absolute atomic E-state index is 0.185. The Morgan fingerprint density at radius 2 is 2.13 bits per heavy atom. The van der Waals surface area contributed by atoms with Crippen molar-refractivity contribution in [2.45, 2.75) is 25.4 Å². The van der Waals surface area contributed by atoms with Gasteiger partial charge in [0.2, 0.25) is 11.8 Å². The van der Waals surface area contributed by atoms with E-state index < -0.39 is 11.9 Å². The zero-order valence-electron chi connectivity index (χ0n) is 12.4. The number of aromatic nitrogens is 2. The smallest absolute Gasteiger partial charge is 0.295 e. The molecule has 3 rings (SSSR count). The number of benzene rings is 1. The SMILES string of the molecule is Cn1c(=O)n(C2CCC(=O)NC2=O)c2ccc(CN=[N+]=[N-])cc21. The number of hydrogen-bond acceptors (Lipinski definition) is 4. The van der Waals surface area contributed by atoms with E-state index in [-0.39, 0.29) is 24.6 Å². The fourth-order valence-electron chi connectivity index (χ4n) is 2.85. The first-order valence-electron chi connectivity index (χ1n) is 7.07. The summed E-state index contributed by atoms with van der Waals surface area (Å²) >= 11 is 0. The summed E-state index contributed by atoms with van der Waals surface area (Å²) in [6, 6.07) is 4.53. The van der Waals surface area contributed by atoms with E-state index >= 15 is 0 Å². The number of azide groups is 1. The second kappa shape index (κ2) is 5.62. The van der Waals surface area contributed by atoms with Crippen molar-refractivity contribution >= 4 is 22.8 Å². The predicted molar refractivity (Wildman–Crippen MR) is 81.4 cm³/mol. The predicted octanol–water partition coefficient (Wildman–Crippen LogP) is 1.13. The maximum absolute atomic E-state index is 12.5. The van der Waals surface area contributed by atoms with E-state index in [9.17, 15) is 14.4 Å². The molecule has 9 heteroatoms. The topological polar surface area (TPSA) is 122 Å². The van der Waals surface area contributed by atoms with Crippen LogP contribution in [0.1, 0.15) is 24.4 Å². The third-order valence-electron chi connectivity index (χ3n) is 3.99. The van der Waals surface area contributed by atoms with E-state index in [2.05, 4.69) is 15.3 Å². The molecule has 0 spiro atoms. The van der Waals surface area contributed by atoms with Crippen molar-refractivity contribution in [3.63, 3.8) is 0 Å². The number of piperidine rings is 1. The van der Waals surface area contributed by atoms with Crippen molar-refractivity contribution in [2.75, 3.05) is 0 Å². The van der Waals surface area contributed by atoms with Crippen LogP contribution in [0.3, 0.4) is 0 Å². The van der Waals surface area contributed by atoms with Gasteiger partial charge in [0.15, 0.2) is 0 Å². The molecule has 1 saturated heterocycles. The molecule has 0 aliphatic carbocycles. The molecule has 1 N–H and O–H groups in total. The Hall–Kier alpha value is -3.06. The van der Waals surface area contributed by atoms with Crippen LogP contribution in [0.4, 0.5) is 0 Å². The molecule has 23 heavy (non-hydrogen) atoms. The summed E-state index contributed by atoms with van der Waals surface area (Å²) in [5, 5.41) is 5.77. The van der Waals surface area contributed by atoms with E-state index in [1.54, 1.807) is 25.2 Å². The first-order chi connectivity index (χ1) is 11.0. The van der Waals surface area contributed by atoms with E-state index in [4.69, 9.17) is 5.53 Å². The molecule has 0 radical (unpaired) electrons. The number of hydrogen-bond donors (Lipinski definition) is 1. The van der Waals surface area contributed by atoms with Gasteiger partial charge in [0.1, 0.15) is 6.04 Å². The van der Waals surface area contributed by atoms with Gasteiger partial charge in [-0.1, -0.05) is 11.2 Å². The number of imidazole rings is 1. The zero-order valence-corrected chi connectivity index (χ0v) is 12.4. The third kappa shape index (κ3) is 2.47. The lowest BCUT2D eigenvalue weighted by Gasteiger charge is -2.21. The average molecular weight is 314 g/mol. The Morgan fingerprint density at radius 3 is 2.83 bits per heavy atom. The largest absolute Gasteiger partial charge is 0.329 e. The molecule has 1 aliphatic heterocycles. The second-order valence-electron chi connectivity index (χ2n) is 5.39. The summed E-state index contributed by atoms with van der Waals surface area (Å²) in [6.45, 7) is 0.185. The third-order valence-corrected chi connectivity index (χ3v) is 3.99. The Bertz CT molecular complexity index is 918. The normalized spacial score (nSPS) is 17.9. The molecular formula is C14H14N6O3. The molecule has 0 saturated carbocycles. The Morgan fingerprint density at radius 1 is 1.35 bits per heavy atom. The molecule has 9 nitrogen and oxygen atoms in total. The van der Waals surface area contributed by atoms with Crippen LogP contribution in [0.5, 0.6) is 0 Å². The molecule has 1 aromatic carbocycles. The molecular weight excluding hydrogens is 300 g/mol. The minimum atomic E-state index is -0.702. The van der Waals surface area contributed by atoms with Crippen LogP contribution in [0.2, 0.25) is 0 Å². The van der Waals surface area contributed by atoms with Gasteiger partial charge in [-0.05, 0) is 29.6 Å². The molecule has 1 aliphatic rings. The molecule has 2 heterocycles. The van der Waals surface area contributed by atoms with E-state index in [0.29, 0.717) is 17.5 Å². The number of rotatable bonds is 3. The van der Waals surface area contributed by atoms with Gasteiger partial charge in [0, 0.05) is 18.4 Å². The van der Waals surface area contributed by atoms with Crippen LogP contribution in [0, 0.1) is 0 Å². The highest BCUT2D eigenvalue weighted by Crippen LogP contribution is 2.23. The van der Waals surface area contributed by atoms with Crippen LogP contribution in [0.15, 0.2) is 28.1 Å². The maximum Gasteiger partial charge on any atom is 0.329 e. The quantitative estimate of drug-likeness (QED) is 0.395. The van der Waals surface area contributed by atoms with Crippen LogP contribution >= 0.6 is 0 Å². The van der Waals surface area contributed by atoms with Gasteiger partial charge < -0.3 is 0 Å². The van der Waals surface area contributed by atoms with Crippen molar-refractivity contribution in [2.24, 2.45) is 12.2 Å². The first-order valence-corrected chi connectivity index (χ1v) is 7.07. The summed E-state index contributed by atoms with van der Waals surface area (Å²) in [5.41, 5.74) is 10.1. The average Bonchev–Trinajstić information content (AvgIpc) is 2.77. The lowest BCUT2D eigenvalue weighted by Crippen LogP contribution is -2.44. The van der Waals surface area contributed by atoms with Crippen LogP contribution in [0.25, 0.3) is 21.5 Å². The highest BCUT2D eigenvalue weighted by atomic mass is 16.2. The Kier molecular flexibility index (Phi) is 3.63. The van der Waals surface area contributed by atoms with Crippen LogP contribution in [-0.4, -0.2) is 20.9 Å². The summed E-state index contributed by atoms with van der Waals surface area (Å²) in [4.78, 5) is 38.6. The second-order valence-corrected chi connectivity index (χ2v) is 5.39. The number of amides is 2. The number of nitrogens with zero attached hydrogens (tertiary/aromatic N) is 5. The van der Waals surface area contributed by atoms with Crippen molar-refractivity contribution in [3.8, 4) is 0 Å². The number of fused-ring (bicyclic) bond motifs is 1. The molecule has 1 unspecified atom stereocenters. The van der Waals surface area contributed by atoms with Crippen molar-refractivity contribution in [3.05, 3.63) is 44.7 Å². The van der Waals surface area contributed by atoms with Gasteiger partial charge in [-0.25, -0.2) is 4.79 Å². The van der Waals surface area contributed by atoms with Gasteiger partial charge in [-0.2, -0.15) is 0 Å². The van der Waals surface area contributed by atoms with Gasteiger partial charge in [-0.3, -0.25) is 24.0 Å². The molecule has 1 aromatic heterocycles. The maximum atomic E-state index is 12.5. The van der Waals surface area contributed by atoms with Crippen molar-refractivity contribution in [1.29, 1.82) is 0 Å².